The smallest absolute Gasteiger partial charge is 0.0810 e. The zero-order valence-electron chi connectivity index (χ0n) is 5.99. The van der Waals surface area contributed by atoms with Crippen molar-refractivity contribution in [2.45, 2.75) is 31.5 Å². The summed E-state index contributed by atoms with van der Waals surface area (Å²) in [6.07, 6.45) is 2.82. The van der Waals surface area contributed by atoms with Gasteiger partial charge in [0.05, 0.1) is 18.8 Å². The molecule has 0 aromatic carbocycles. The molecule has 0 amide bonds. The Hall–Kier alpha value is -0.120. The van der Waals surface area contributed by atoms with Crippen molar-refractivity contribution in [1.82, 2.24) is 0 Å². The van der Waals surface area contributed by atoms with Crippen LogP contribution >= 0.6 is 0 Å². The molecule has 0 unspecified atom stereocenters. The first-order valence-corrected chi connectivity index (χ1v) is 3.74. The second-order valence-corrected chi connectivity index (χ2v) is 2.65. The highest BCUT2D eigenvalue weighted by Gasteiger charge is 2.23. The minimum Gasteiger partial charge on any atom is -0.396 e. The van der Waals surface area contributed by atoms with Gasteiger partial charge in [0.15, 0.2) is 0 Å². The van der Waals surface area contributed by atoms with Crippen molar-refractivity contribution in [1.29, 1.82) is 0 Å². The molecule has 1 rings (SSSR count). The average molecular weight is 146 g/mol. The van der Waals surface area contributed by atoms with Crippen LogP contribution in [0.2, 0.25) is 0 Å². The van der Waals surface area contributed by atoms with Crippen LogP contribution in [-0.2, 0) is 4.74 Å². The van der Waals surface area contributed by atoms with Crippen molar-refractivity contribution >= 4 is 0 Å². The molecule has 1 fully saturated rings. The Bertz CT molecular complexity index is 94.9. The zero-order valence-corrected chi connectivity index (χ0v) is 5.99. The zero-order chi connectivity index (χ0) is 7.40. The molecule has 0 bridgehead atoms. The van der Waals surface area contributed by atoms with Crippen LogP contribution in [0.1, 0.15) is 19.3 Å². The van der Waals surface area contributed by atoms with Crippen molar-refractivity contribution in [2.24, 2.45) is 0 Å². The van der Waals surface area contributed by atoms with Gasteiger partial charge in [-0.3, -0.25) is 0 Å². The van der Waals surface area contributed by atoms with Gasteiger partial charge in [0.2, 0.25) is 0 Å². The molecule has 3 nitrogen and oxygen atoms in total. The lowest BCUT2D eigenvalue weighted by atomic mass is 10.1. The first-order chi connectivity index (χ1) is 4.86. The average Bonchev–Trinajstić information content (AvgIpc) is 2.37. The second kappa shape index (κ2) is 3.91. The van der Waals surface area contributed by atoms with Crippen LogP contribution in [-0.4, -0.2) is 35.6 Å². The minimum absolute atomic E-state index is 0.0246. The van der Waals surface area contributed by atoms with Crippen molar-refractivity contribution in [3.8, 4) is 0 Å². The Balaban J connectivity index is 2.15. The van der Waals surface area contributed by atoms with Crippen LogP contribution in [0.15, 0.2) is 0 Å². The molecule has 0 saturated carbocycles. The molecule has 0 aromatic heterocycles. The molecule has 2 atom stereocenters. The van der Waals surface area contributed by atoms with E-state index in [1.54, 1.807) is 0 Å². The first kappa shape index (κ1) is 7.98. The molecule has 1 saturated heterocycles. The lowest BCUT2D eigenvalue weighted by molar-refractivity contribution is 0.00234. The van der Waals surface area contributed by atoms with Gasteiger partial charge < -0.3 is 14.9 Å². The fourth-order valence-electron chi connectivity index (χ4n) is 1.27. The van der Waals surface area contributed by atoms with Gasteiger partial charge in [0.1, 0.15) is 0 Å². The van der Waals surface area contributed by atoms with E-state index >= 15 is 0 Å². The van der Waals surface area contributed by atoms with Gasteiger partial charge in [-0.15, -0.1) is 0 Å². The van der Waals surface area contributed by atoms with Gasteiger partial charge >= 0.3 is 0 Å². The van der Waals surface area contributed by atoms with Crippen molar-refractivity contribution < 1.29 is 14.9 Å². The highest BCUT2D eigenvalue weighted by atomic mass is 16.5. The molecule has 0 aromatic rings. The third-order valence-corrected chi connectivity index (χ3v) is 1.85. The molecule has 60 valence electrons. The Labute approximate surface area is 60.6 Å². The molecule has 0 aliphatic carbocycles. The summed E-state index contributed by atoms with van der Waals surface area (Å²) in [5.41, 5.74) is 0. The van der Waals surface area contributed by atoms with Crippen LogP contribution in [0.25, 0.3) is 0 Å². The summed E-state index contributed by atoms with van der Waals surface area (Å²) in [5.74, 6) is 0. The Kier molecular flexibility index (Phi) is 3.12. The van der Waals surface area contributed by atoms with E-state index in [1.165, 1.54) is 0 Å². The van der Waals surface area contributed by atoms with Gasteiger partial charge in [-0.25, -0.2) is 0 Å². The van der Waals surface area contributed by atoms with Crippen LogP contribution < -0.4 is 0 Å². The van der Waals surface area contributed by atoms with Gasteiger partial charge in [-0.05, 0) is 19.3 Å². The topological polar surface area (TPSA) is 49.7 Å². The summed E-state index contributed by atoms with van der Waals surface area (Å²) >= 11 is 0. The minimum atomic E-state index is 0.0246. The molecule has 3 heteroatoms. The van der Waals surface area contributed by atoms with Crippen LogP contribution in [0.3, 0.4) is 0 Å². The normalized spacial score (nSPS) is 33.0. The second-order valence-electron chi connectivity index (χ2n) is 2.65. The van der Waals surface area contributed by atoms with E-state index in [4.69, 9.17) is 14.9 Å². The standard InChI is InChI=1S/C7H14O3/c8-4-3-6-1-2-7(5-9)10-6/h6-9H,1-5H2/t6-,7+/m0/s1. The van der Waals surface area contributed by atoms with E-state index in [-0.39, 0.29) is 25.4 Å². The number of rotatable bonds is 3. The van der Waals surface area contributed by atoms with Gasteiger partial charge in [-0.2, -0.15) is 0 Å². The number of hydrogen-bond donors (Lipinski definition) is 2. The Morgan fingerprint density at radius 1 is 1.20 bits per heavy atom. The fraction of sp³-hybridized carbons (Fsp3) is 1.00. The van der Waals surface area contributed by atoms with Crippen molar-refractivity contribution in [3.63, 3.8) is 0 Å². The maximum atomic E-state index is 8.66. The van der Waals surface area contributed by atoms with Crippen LogP contribution in [0, 0.1) is 0 Å². The van der Waals surface area contributed by atoms with Crippen LogP contribution in [0.5, 0.6) is 0 Å². The first-order valence-electron chi connectivity index (χ1n) is 3.74. The van der Waals surface area contributed by atoms with E-state index in [2.05, 4.69) is 0 Å². The summed E-state index contributed by atoms with van der Waals surface area (Å²) in [6, 6.07) is 0. The number of aliphatic hydroxyl groups excluding tert-OH is 2. The molecular formula is C7H14O3. The van der Waals surface area contributed by atoms with Gasteiger partial charge in [0.25, 0.3) is 0 Å². The molecule has 1 heterocycles. The van der Waals surface area contributed by atoms with E-state index in [0.717, 1.165) is 12.8 Å². The molecule has 10 heavy (non-hydrogen) atoms. The Morgan fingerprint density at radius 2 is 1.90 bits per heavy atom. The largest absolute Gasteiger partial charge is 0.396 e. The Morgan fingerprint density at radius 3 is 2.40 bits per heavy atom. The number of ether oxygens (including phenoxy) is 1. The lowest BCUT2D eigenvalue weighted by Crippen LogP contribution is -2.15. The highest BCUT2D eigenvalue weighted by Crippen LogP contribution is 2.20. The summed E-state index contributed by atoms with van der Waals surface area (Å²) in [6.45, 7) is 0.296. The van der Waals surface area contributed by atoms with Crippen molar-refractivity contribution in [2.75, 3.05) is 13.2 Å². The quantitative estimate of drug-likeness (QED) is 0.585. The SMILES string of the molecule is OCC[C@@H]1CC[C@H](CO)O1. The highest BCUT2D eigenvalue weighted by molar-refractivity contribution is 4.72. The van der Waals surface area contributed by atoms with Gasteiger partial charge in [-0.1, -0.05) is 0 Å². The maximum absolute atomic E-state index is 8.66. The molecular weight excluding hydrogens is 132 g/mol. The fourth-order valence-corrected chi connectivity index (χ4v) is 1.27. The third-order valence-electron chi connectivity index (χ3n) is 1.85. The van der Waals surface area contributed by atoms with Crippen LogP contribution in [0.4, 0.5) is 0 Å². The van der Waals surface area contributed by atoms with E-state index in [9.17, 15) is 0 Å². The van der Waals surface area contributed by atoms with E-state index < -0.39 is 0 Å². The predicted octanol–water partition coefficient (Wildman–Crippen LogP) is -0.0913. The summed E-state index contributed by atoms with van der Waals surface area (Å²) in [4.78, 5) is 0. The predicted molar refractivity (Wildman–Crippen MR) is 36.7 cm³/mol. The van der Waals surface area contributed by atoms with Gasteiger partial charge in [0, 0.05) is 6.61 Å². The summed E-state index contributed by atoms with van der Waals surface area (Å²) < 4.78 is 5.34. The molecule has 1 aliphatic heterocycles. The van der Waals surface area contributed by atoms with Crippen molar-refractivity contribution in [3.05, 3.63) is 0 Å². The maximum Gasteiger partial charge on any atom is 0.0810 e. The number of aliphatic hydroxyl groups is 2. The monoisotopic (exact) mass is 146 g/mol. The van der Waals surface area contributed by atoms with E-state index in [0.29, 0.717) is 6.42 Å². The number of hydrogen-bond acceptors (Lipinski definition) is 3. The molecule has 1 aliphatic rings. The molecule has 2 N–H and O–H groups in total. The summed E-state index contributed by atoms with van der Waals surface area (Å²) in [5, 5.41) is 17.2. The molecule has 0 spiro atoms. The summed E-state index contributed by atoms with van der Waals surface area (Å²) in [7, 11) is 0. The van der Waals surface area contributed by atoms with E-state index in [1.807, 2.05) is 0 Å². The molecule has 0 radical (unpaired) electrons. The lowest BCUT2D eigenvalue weighted by Gasteiger charge is -2.09. The third kappa shape index (κ3) is 1.94.